The molecule has 3 rings (SSSR count). The van der Waals surface area contributed by atoms with E-state index in [0.29, 0.717) is 10.9 Å². The summed E-state index contributed by atoms with van der Waals surface area (Å²) >= 11 is 0. The summed E-state index contributed by atoms with van der Waals surface area (Å²) in [7, 11) is 1.59. The van der Waals surface area contributed by atoms with Gasteiger partial charge < -0.3 is 4.42 Å². The third-order valence-corrected chi connectivity index (χ3v) is 2.90. The molecule has 0 saturated heterocycles. The van der Waals surface area contributed by atoms with Gasteiger partial charge in [0.15, 0.2) is 0 Å². The molecule has 0 radical (unpaired) electrons. The molecule has 4 nitrogen and oxygen atoms in total. The van der Waals surface area contributed by atoms with Crippen molar-refractivity contribution in [1.82, 2.24) is 4.57 Å². The van der Waals surface area contributed by atoms with Crippen molar-refractivity contribution >= 4 is 21.7 Å². The molecule has 1 heterocycles. The SMILES string of the molecule is Cn1c(=O)oc(=O)c2cc3ccccc3cc21. The van der Waals surface area contributed by atoms with Crippen molar-refractivity contribution in [3.8, 4) is 0 Å². The van der Waals surface area contributed by atoms with E-state index in [0.717, 1.165) is 10.8 Å². The Hall–Kier alpha value is -2.36. The molecule has 0 aliphatic heterocycles. The molecule has 0 amide bonds. The molecule has 0 spiro atoms. The fourth-order valence-electron chi connectivity index (χ4n) is 1.97. The van der Waals surface area contributed by atoms with Gasteiger partial charge in [-0.25, -0.2) is 9.59 Å². The molecule has 3 aromatic rings. The van der Waals surface area contributed by atoms with Crippen LogP contribution in [0.5, 0.6) is 0 Å². The Kier molecular flexibility index (Phi) is 1.92. The minimum absolute atomic E-state index is 0.422. The van der Waals surface area contributed by atoms with Gasteiger partial charge in [-0.15, -0.1) is 0 Å². The lowest BCUT2D eigenvalue weighted by Gasteiger charge is -2.04. The lowest BCUT2D eigenvalue weighted by atomic mass is 10.1. The van der Waals surface area contributed by atoms with Crippen LogP contribution in [-0.2, 0) is 7.05 Å². The first-order valence-electron chi connectivity index (χ1n) is 5.19. The second-order valence-electron chi connectivity index (χ2n) is 3.93. The van der Waals surface area contributed by atoms with Gasteiger partial charge in [-0.2, -0.15) is 0 Å². The third kappa shape index (κ3) is 1.38. The molecule has 1 aromatic heterocycles. The topological polar surface area (TPSA) is 52.2 Å². The first-order chi connectivity index (χ1) is 8.16. The largest absolute Gasteiger partial charge is 0.422 e. The second kappa shape index (κ2) is 3.31. The molecule has 17 heavy (non-hydrogen) atoms. The number of aryl methyl sites for hydroxylation is 1. The van der Waals surface area contributed by atoms with Crippen molar-refractivity contribution in [2.24, 2.45) is 7.05 Å². The smallest absolute Gasteiger partial charge is 0.372 e. The van der Waals surface area contributed by atoms with Crippen LogP contribution in [0, 0.1) is 0 Å². The number of nitrogens with zero attached hydrogens (tertiary/aromatic N) is 1. The van der Waals surface area contributed by atoms with Crippen molar-refractivity contribution in [3.05, 3.63) is 57.4 Å². The Morgan fingerprint density at radius 1 is 1.06 bits per heavy atom. The molecule has 0 aliphatic carbocycles. The van der Waals surface area contributed by atoms with Crippen LogP contribution in [0.3, 0.4) is 0 Å². The van der Waals surface area contributed by atoms with Crippen molar-refractivity contribution in [1.29, 1.82) is 0 Å². The predicted molar refractivity (Wildman–Crippen MR) is 65.2 cm³/mol. The highest BCUT2D eigenvalue weighted by atomic mass is 16.4. The maximum absolute atomic E-state index is 11.6. The molecule has 2 aromatic carbocycles. The number of aromatic nitrogens is 1. The summed E-state index contributed by atoms with van der Waals surface area (Å²) in [6.07, 6.45) is 0. The van der Waals surface area contributed by atoms with Crippen LogP contribution >= 0.6 is 0 Å². The lowest BCUT2D eigenvalue weighted by molar-refractivity contribution is 0.433. The van der Waals surface area contributed by atoms with Gasteiger partial charge in [-0.3, -0.25) is 4.57 Å². The van der Waals surface area contributed by atoms with Gasteiger partial charge in [-0.1, -0.05) is 24.3 Å². The average molecular weight is 227 g/mol. The Balaban J connectivity index is 2.65. The normalized spacial score (nSPS) is 11.1. The summed E-state index contributed by atoms with van der Waals surface area (Å²) in [5.41, 5.74) is -0.00111. The van der Waals surface area contributed by atoms with E-state index in [9.17, 15) is 9.59 Å². The molecule has 84 valence electrons. The van der Waals surface area contributed by atoms with E-state index in [1.807, 2.05) is 30.3 Å². The van der Waals surface area contributed by atoms with Gasteiger partial charge in [0.2, 0.25) is 0 Å². The van der Waals surface area contributed by atoms with Crippen LogP contribution in [0.1, 0.15) is 0 Å². The van der Waals surface area contributed by atoms with Crippen LogP contribution in [0.2, 0.25) is 0 Å². The average Bonchev–Trinajstić information content (AvgIpc) is 2.34. The van der Waals surface area contributed by atoms with E-state index in [2.05, 4.69) is 4.42 Å². The zero-order valence-electron chi connectivity index (χ0n) is 9.14. The van der Waals surface area contributed by atoms with E-state index >= 15 is 0 Å². The van der Waals surface area contributed by atoms with Gasteiger partial charge in [0.05, 0.1) is 10.9 Å². The van der Waals surface area contributed by atoms with Crippen molar-refractivity contribution in [3.63, 3.8) is 0 Å². The fraction of sp³-hybridized carbons (Fsp3) is 0.0769. The summed E-state index contributed by atoms with van der Waals surface area (Å²) in [5.74, 6) is -0.641. The zero-order chi connectivity index (χ0) is 12.0. The van der Waals surface area contributed by atoms with E-state index in [-0.39, 0.29) is 0 Å². The fourth-order valence-corrected chi connectivity index (χ4v) is 1.97. The molecule has 0 fully saturated rings. The molecule has 0 N–H and O–H groups in total. The summed E-state index contributed by atoms with van der Waals surface area (Å²) in [5, 5.41) is 2.36. The Bertz CT molecular complexity index is 843. The van der Waals surface area contributed by atoms with E-state index in [1.54, 1.807) is 13.1 Å². The van der Waals surface area contributed by atoms with E-state index < -0.39 is 11.4 Å². The molecule has 0 bridgehead atoms. The number of rotatable bonds is 0. The standard InChI is InChI=1S/C13H9NO3/c1-14-11-7-9-5-3-2-4-8(9)6-10(11)12(15)17-13(14)16/h2-7H,1H3. The molecular weight excluding hydrogens is 218 g/mol. The molecule has 0 atom stereocenters. The maximum atomic E-state index is 11.6. The van der Waals surface area contributed by atoms with Crippen LogP contribution in [0.25, 0.3) is 21.7 Å². The zero-order valence-corrected chi connectivity index (χ0v) is 9.14. The van der Waals surface area contributed by atoms with Gasteiger partial charge >= 0.3 is 11.4 Å². The van der Waals surface area contributed by atoms with E-state index in [1.165, 1.54) is 4.57 Å². The van der Waals surface area contributed by atoms with Gasteiger partial charge in [-0.05, 0) is 22.9 Å². The number of benzene rings is 2. The Morgan fingerprint density at radius 3 is 2.41 bits per heavy atom. The van der Waals surface area contributed by atoms with Crippen LogP contribution < -0.4 is 11.4 Å². The van der Waals surface area contributed by atoms with Gasteiger partial charge in [0.25, 0.3) is 0 Å². The molecule has 0 aliphatic rings. The van der Waals surface area contributed by atoms with Gasteiger partial charge in [0, 0.05) is 7.05 Å². The highest BCUT2D eigenvalue weighted by molar-refractivity contribution is 5.95. The maximum Gasteiger partial charge on any atom is 0.422 e. The molecule has 0 saturated carbocycles. The number of fused-ring (bicyclic) bond motifs is 2. The summed E-state index contributed by atoms with van der Waals surface area (Å²) in [6, 6.07) is 11.2. The molecule has 4 heteroatoms. The molecule has 0 unspecified atom stereocenters. The minimum atomic E-state index is -0.641. The van der Waals surface area contributed by atoms with Crippen LogP contribution in [0.4, 0.5) is 0 Å². The minimum Gasteiger partial charge on any atom is -0.372 e. The van der Waals surface area contributed by atoms with Crippen molar-refractivity contribution in [2.75, 3.05) is 0 Å². The summed E-state index contributed by atoms with van der Waals surface area (Å²) in [4.78, 5) is 23.0. The van der Waals surface area contributed by atoms with Crippen molar-refractivity contribution < 1.29 is 4.42 Å². The monoisotopic (exact) mass is 227 g/mol. The van der Waals surface area contributed by atoms with Crippen molar-refractivity contribution in [2.45, 2.75) is 0 Å². The lowest BCUT2D eigenvalue weighted by Crippen LogP contribution is -2.22. The van der Waals surface area contributed by atoms with E-state index in [4.69, 9.17) is 0 Å². The highest BCUT2D eigenvalue weighted by Gasteiger charge is 2.07. The van der Waals surface area contributed by atoms with Gasteiger partial charge in [0.1, 0.15) is 0 Å². The summed E-state index contributed by atoms with van der Waals surface area (Å²) < 4.78 is 5.96. The highest BCUT2D eigenvalue weighted by Crippen LogP contribution is 2.19. The van der Waals surface area contributed by atoms with Crippen LogP contribution in [0.15, 0.2) is 50.4 Å². The number of hydrogen-bond donors (Lipinski definition) is 0. The Labute approximate surface area is 95.7 Å². The first-order valence-corrected chi connectivity index (χ1v) is 5.19. The molecular formula is C13H9NO3. The number of hydrogen-bond acceptors (Lipinski definition) is 3. The predicted octanol–water partition coefficient (Wildman–Crippen LogP) is 1.64. The van der Waals surface area contributed by atoms with Crippen LogP contribution in [-0.4, -0.2) is 4.57 Å². The second-order valence-corrected chi connectivity index (χ2v) is 3.93. The third-order valence-electron chi connectivity index (χ3n) is 2.90. The summed E-state index contributed by atoms with van der Waals surface area (Å²) in [6.45, 7) is 0. The Morgan fingerprint density at radius 2 is 1.71 bits per heavy atom. The first kappa shape index (κ1) is 9.84. The quantitative estimate of drug-likeness (QED) is 0.548.